The Bertz CT molecular complexity index is 243. The van der Waals surface area contributed by atoms with E-state index in [0.717, 1.165) is 31.6 Å². The quantitative estimate of drug-likeness (QED) is 0.733. The fourth-order valence-corrected chi connectivity index (χ4v) is 3.58. The molecular formula is C14H25NO. The van der Waals surface area contributed by atoms with Crippen molar-refractivity contribution in [2.45, 2.75) is 63.3 Å². The van der Waals surface area contributed by atoms with Crippen molar-refractivity contribution in [3.63, 3.8) is 0 Å². The standard InChI is InChI=1S/C14H25NO/c1-15(2)14(9-7-13(16)8-10-14)11-12-5-3-4-6-12/h12H,3-11H2,1-2H3. The zero-order valence-electron chi connectivity index (χ0n) is 10.8. The van der Waals surface area contributed by atoms with E-state index >= 15 is 0 Å². The van der Waals surface area contributed by atoms with Crippen molar-refractivity contribution < 1.29 is 4.79 Å². The van der Waals surface area contributed by atoms with Gasteiger partial charge in [-0.15, -0.1) is 0 Å². The lowest BCUT2D eigenvalue weighted by atomic mass is 9.74. The third-order valence-electron chi connectivity index (χ3n) is 4.83. The van der Waals surface area contributed by atoms with Gasteiger partial charge in [0, 0.05) is 18.4 Å². The van der Waals surface area contributed by atoms with Crippen LogP contribution in [0.15, 0.2) is 0 Å². The van der Waals surface area contributed by atoms with Crippen LogP contribution in [-0.2, 0) is 4.79 Å². The van der Waals surface area contributed by atoms with E-state index in [1.54, 1.807) is 0 Å². The minimum absolute atomic E-state index is 0.336. The van der Waals surface area contributed by atoms with Crippen LogP contribution in [0.5, 0.6) is 0 Å². The highest BCUT2D eigenvalue weighted by molar-refractivity contribution is 5.79. The van der Waals surface area contributed by atoms with Crippen molar-refractivity contribution in [1.82, 2.24) is 4.90 Å². The minimum atomic E-state index is 0.336. The zero-order valence-corrected chi connectivity index (χ0v) is 10.8. The SMILES string of the molecule is CN(C)C1(CC2CCCC2)CCC(=O)CC1. The van der Waals surface area contributed by atoms with E-state index in [0.29, 0.717) is 11.3 Å². The maximum absolute atomic E-state index is 11.4. The number of rotatable bonds is 3. The molecule has 2 heteroatoms. The Balaban J connectivity index is 2.00. The number of carbonyl (C=O) groups excluding carboxylic acids is 1. The molecule has 0 bridgehead atoms. The van der Waals surface area contributed by atoms with Crippen LogP contribution in [0.4, 0.5) is 0 Å². The summed E-state index contributed by atoms with van der Waals surface area (Å²) in [5.74, 6) is 1.40. The van der Waals surface area contributed by atoms with Crippen LogP contribution in [0.3, 0.4) is 0 Å². The Kier molecular flexibility index (Phi) is 3.68. The van der Waals surface area contributed by atoms with Crippen LogP contribution < -0.4 is 0 Å². The van der Waals surface area contributed by atoms with Crippen molar-refractivity contribution in [3.05, 3.63) is 0 Å². The molecule has 0 unspecified atom stereocenters. The van der Waals surface area contributed by atoms with Gasteiger partial charge < -0.3 is 4.90 Å². The summed E-state index contributed by atoms with van der Waals surface area (Å²) in [5, 5.41) is 0. The van der Waals surface area contributed by atoms with Gasteiger partial charge in [-0.2, -0.15) is 0 Å². The fourth-order valence-electron chi connectivity index (χ4n) is 3.58. The van der Waals surface area contributed by atoms with Gasteiger partial charge in [-0.25, -0.2) is 0 Å². The van der Waals surface area contributed by atoms with Gasteiger partial charge >= 0.3 is 0 Å². The second kappa shape index (κ2) is 4.87. The monoisotopic (exact) mass is 223 g/mol. The van der Waals surface area contributed by atoms with Crippen molar-refractivity contribution in [3.8, 4) is 0 Å². The van der Waals surface area contributed by atoms with E-state index in [4.69, 9.17) is 0 Å². The van der Waals surface area contributed by atoms with E-state index in [1.807, 2.05) is 0 Å². The molecule has 2 aliphatic carbocycles. The molecule has 2 nitrogen and oxygen atoms in total. The smallest absolute Gasteiger partial charge is 0.133 e. The zero-order chi connectivity index (χ0) is 11.6. The summed E-state index contributed by atoms with van der Waals surface area (Å²) in [7, 11) is 4.40. The first-order valence-corrected chi connectivity index (χ1v) is 6.81. The second-order valence-electron chi connectivity index (χ2n) is 6.01. The maximum Gasteiger partial charge on any atom is 0.133 e. The predicted octanol–water partition coefficient (Wildman–Crippen LogP) is 3.01. The Labute approximate surface area is 99.4 Å². The lowest BCUT2D eigenvalue weighted by Gasteiger charge is -2.44. The van der Waals surface area contributed by atoms with Crippen molar-refractivity contribution >= 4 is 5.78 Å². The summed E-state index contributed by atoms with van der Waals surface area (Å²) in [6, 6.07) is 0. The molecule has 2 aliphatic rings. The summed E-state index contributed by atoms with van der Waals surface area (Å²) >= 11 is 0. The van der Waals surface area contributed by atoms with Gasteiger partial charge in [-0.1, -0.05) is 25.7 Å². The summed E-state index contributed by atoms with van der Waals surface area (Å²) < 4.78 is 0. The highest BCUT2D eigenvalue weighted by atomic mass is 16.1. The molecule has 0 atom stereocenters. The van der Waals surface area contributed by atoms with E-state index < -0.39 is 0 Å². The average Bonchev–Trinajstić information content (AvgIpc) is 2.74. The highest BCUT2D eigenvalue weighted by Gasteiger charge is 2.38. The van der Waals surface area contributed by atoms with Crippen LogP contribution in [0.25, 0.3) is 0 Å². The first kappa shape index (κ1) is 12.1. The number of hydrogen-bond acceptors (Lipinski definition) is 2. The average molecular weight is 223 g/mol. The molecule has 92 valence electrons. The Morgan fingerprint density at radius 2 is 1.75 bits per heavy atom. The molecule has 0 amide bonds. The summed E-state index contributed by atoms with van der Waals surface area (Å²) in [4.78, 5) is 13.8. The molecule has 0 aliphatic heterocycles. The van der Waals surface area contributed by atoms with E-state index in [1.165, 1.54) is 32.1 Å². The highest BCUT2D eigenvalue weighted by Crippen LogP contribution is 2.40. The van der Waals surface area contributed by atoms with E-state index in [2.05, 4.69) is 19.0 Å². The molecule has 2 rings (SSSR count). The lowest BCUT2D eigenvalue weighted by molar-refractivity contribution is -0.123. The molecule has 0 aromatic rings. The summed E-state index contributed by atoms with van der Waals surface area (Å²) in [5.41, 5.74) is 0.336. The van der Waals surface area contributed by atoms with Gasteiger partial charge in [0.1, 0.15) is 5.78 Å². The van der Waals surface area contributed by atoms with Gasteiger partial charge in [0.25, 0.3) is 0 Å². The number of Topliss-reactive ketones (excluding diaryl/α,β-unsaturated/α-hetero) is 1. The number of nitrogens with zero attached hydrogens (tertiary/aromatic N) is 1. The number of ketones is 1. The van der Waals surface area contributed by atoms with Gasteiger partial charge in [0.05, 0.1) is 0 Å². The third-order valence-corrected chi connectivity index (χ3v) is 4.83. The van der Waals surface area contributed by atoms with Crippen LogP contribution in [0.1, 0.15) is 57.8 Å². The second-order valence-corrected chi connectivity index (χ2v) is 6.01. The van der Waals surface area contributed by atoms with Crippen LogP contribution >= 0.6 is 0 Å². The fraction of sp³-hybridized carbons (Fsp3) is 0.929. The predicted molar refractivity (Wildman–Crippen MR) is 66.5 cm³/mol. The Morgan fingerprint density at radius 3 is 2.25 bits per heavy atom. The molecule has 0 radical (unpaired) electrons. The summed E-state index contributed by atoms with van der Waals surface area (Å²) in [6.07, 6.45) is 10.8. The van der Waals surface area contributed by atoms with Crippen molar-refractivity contribution in [2.75, 3.05) is 14.1 Å². The van der Waals surface area contributed by atoms with E-state index in [9.17, 15) is 4.79 Å². The molecule has 16 heavy (non-hydrogen) atoms. The number of carbonyl (C=O) groups is 1. The molecule has 2 fully saturated rings. The molecule has 0 saturated heterocycles. The van der Waals surface area contributed by atoms with Crippen LogP contribution in [0, 0.1) is 5.92 Å². The summed E-state index contributed by atoms with van der Waals surface area (Å²) in [6.45, 7) is 0. The molecule has 0 heterocycles. The van der Waals surface area contributed by atoms with Gasteiger partial charge in [-0.05, 0) is 39.3 Å². The first-order chi connectivity index (χ1) is 7.62. The molecule has 0 aromatic carbocycles. The van der Waals surface area contributed by atoms with Crippen molar-refractivity contribution in [2.24, 2.45) is 5.92 Å². The Hall–Kier alpha value is -0.370. The van der Waals surface area contributed by atoms with Crippen LogP contribution in [-0.4, -0.2) is 30.3 Å². The van der Waals surface area contributed by atoms with Gasteiger partial charge in [0.2, 0.25) is 0 Å². The van der Waals surface area contributed by atoms with Gasteiger partial charge in [0.15, 0.2) is 0 Å². The Morgan fingerprint density at radius 1 is 1.19 bits per heavy atom. The topological polar surface area (TPSA) is 20.3 Å². The lowest BCUT2D eigenvalue weighted by Crippen LogP contribution is -2.48. The maximum atomic E-state index is 11.4. The third kappa shape index (κ3) is 2.48. The molecule has 0 aromatic heterocycles. The van der Waals surface area contributed by atoms with E-state index in [-0.39, 0.29) is 0 Å². The molecule has 2 saturated carbocycles. The molecule has 0 spiro atoms. The minimum Gasteiger partial charge on any atom is -0.304 e. The normalized spacial score (nSPS) is 26.6. The molecule has 0 N–H and O–H groups in total. The number of hydrogen-bond donors (Lipinski definition) is 0. The van der Waals surface area contributed by atoms with Gasteiger partial charge in [-0.3, -0.25) is 4.79 Å². The molecular weight excluding hydrogens is 198 g/mol. The van der Waals surface area contributed by atoms with Crippen LogP contribution in [0.2, 0.25) is 0 Å². The van der Waals surface area contributed by atoms with Crippen molar-refractivity contribution in [1.29, 1.82) is 0 Å². The largest absolute Gasteiger partial charge is 0.304 e. The first-order valence-electron chi connectivity index (χ1n) is 6.81.